The molecule has 1 amide bonds. The van der Waals surface area contributed by atoms with Crippen LogP contribution < -0.4 is 5.32 Å². The van der Waals surface area contributed by atoms with E-state index in [1.165, 1.54) is 17.7 Å². The monoisotopic (exact) mass is 360 g/mol. The Bertz CT molecular complexity index is 712. The van der Waals surface area contributed by atoms with E-state index >= 15 is 0 Å². The molecule has 0 aromatic heterocycles. The predicted molar refractivity (Wildman–Crippen MR) is 98.0 cm³/mol. The summed E-state index contributed by atoms with van der Waals surface area (Å²) >= 11 is 5.91. The van der Waals surface area contributed by atoms with Crippen molar-refractivity contribution >= 4 is 17.5 Å². The minimum Gasteiger partial charge on any atom is -0.353 e. The number of hydrogen-bond acceptors (Lipinski definition) is 2. The average molecular weight is 361 g/mol. The molecule has 1 N–H and O–H groups in total. The molecule has 1 aliphatic rings. The molecule has 0 unspecified atom stereocenters. The summed E-state index contributed by atoms with van der Waals surface area (Å²) in [6, 6.07) is 14.3. The lowest BCUT2D eigenvalue weighted by atomic mass is 10.0. The zero-order chi connectivity index (χ0) is 17.6. The number of benzene rings is 2. The molecule has 25 heavy (non-hydrogen) atoms. The zero-order valence-electron chi connectivity index (χ0n) is 14.1. The number of rotatable bonds is 5. The van der Waals surface area contributed by atoms with Gasteiger partial charge in [0, 0.05) is 30.7 Å². The number of nitrogens with one attached hydrogen (secondary N) is 1. The van der Waals surface area contributed by atoms with Gasteiger partial charge in [-0.15, -0.1) is 0 Å². The largest absolute Gasteiger partial charge is 0.353 e. The average Bonchev–Trinajstić information content (AvgIpc) is 2.59. The van der Waals surface area contributed by atoms with Gasteiger partial charge in [-0.05, 0) is 48.2 Å². The van der Waals surface area contributed by atoms with Gasteiger partial charge >= 0.3 is 0 Å². The molecule has 0 spiro atoms. The maximum absolute atomic E-state index is 13.2. The van der Waals surface area contributed by atoms with Crippen LogP contribution in [0.4, 0.5) is 4.39 Å². The fraction of sp³-hybridized carbons (Fsp3) is 0.350. The maximum Gasteiger partial charge on any atom is 0.224 e. The maximum atomic E-state index is 13.2. The second-order valence-electron chi connectivity index (χ2n) is 6.55. The number of hydrogen-bond donors (Lipinski definition) is 1. The van der Waals surface area contributed by atoms with Crippen molar-refractivity contribution in [2.45, 2.75) is 31.8 Å². The molecular weight excluding hydrogens is 339 g/mol. The molecule has 3 rings (SSSR count). The second kappa shape index (κ2) is 8.45. The Hall–Kier alpha value is -1.91. The third-order valence-electron chi connectivity index (χ3n) is 4.53. The minimum absolute atomic E-state index is 0.0400. The smallest absolute Gasteiger partial charge is 0.224 e. The van der Waals surface area contributed by atoms with Crippen LogP contribution in [-0.4, -0.2) is 29.9 Å². The molecule has 0 radical (unpaired) electrons. The third kappa shape index (κ3) is 5.55. The third-order valence-corrected chi connectivity index (χ3v) is 4.78. The summed E-state index contributed by atoms with van der Waals surface area (Å²) in [6.45, 7) is 2.81. The first-order valence-electron chi connectivity index (χ1n) is 8.59. The summed E-state index contributed by atoms with van der Waals surface area (Å²) in [5.41, 5.74) is 1.95. The van der Waals surface area contributed by atoms with Crippen LogP contribution in [0.1, 0.15) is 24.0 Å². The number of halogens is 2. The summed E-state index contributed by atoms with van der Waals surface area (Å²) in [7, 11) is 0. The quantitative estimate of drug-likeness (QED) is 0.879. The van der Waals surface area contributed by atoms with Gasteiger partial charge in [0.25, 0.3) is 0 Å². The Morgan fingerprint density at radius 3 is 2.52 bits per heavy atom. The molecule has 1 saturated heterocycles. The molecule has 1 heterocycles. The molecule has 5 heteroatoms. The van der Waals surface area contributed by atoms with E-state index in [9.17, 15) is 9.18 Å². The SMILES string of the molecule is O=C(Cc1cccc(F)c1)NC1CCN(Cc2ccc(Cl)cc2)CC1. The highest BCUT2D eigenvalue weighted by molar-refractivity contribution is 6.30. The molecule has 2 aromatic carbocycles. The molecule has 0 saturated carbocycles. The van der Waals surface area contributed by atoms with Crippen molar-refractivity contribution in [2.75, 3.05) is 13.1 Å². The molecule has 3 nitrogen and oxygen atoms in total. The van der Waals surface area contributed by atoms with Crippen LogP contribution in [0.15, 0.2) is 48.5 Å². The summed E-state index contributed by atoms with van der Waals surface area (Å²) in [5.74, 6) is -0.345. The van der Waals surface area contributed by atoms with Gasteiger partial charge in [-0.2, -0.15) is 0 Å². The van der Waals surface area contributed by atoms with Gasteiger partial charge in [-0.1, -0.05) is 35.9 Å². The van der Waals surface area contributed by atoms with Crippen molar-refractivity contribution in [1.82, 2.24) is 10.2 Å². The van der Waals surface area contributed by atoms with Crippen LogP contribution in [0.2, 0.25) is 5.02 Å². The van der Waals surface area contributed by atoms with Gasteiger partial charge in [0.05, 0.1) is 6.42 Å². The number of amides is 1. The molecule has 0 bridgehead atoms. The fourth-order valence-electron chi connectivity index (χ4n) is 3.19. The lowest BCUT2D eigenvalue weighted by Gasteiger charge is -2.32. The highest BCUT2D eigenvalue weighted by Gasteiger charge is 2.20. The normalized spacial score (nSPS) is 15.9. The van der Waals surface area contributed by atoms with Crippen LogP contribution >= 0.6 is 11.6 Å². The van der Waals surface area contributed by atoms with Gasteiger partial charge in [-0.3, -0.25) is 9.69 Å². The van der Waals surface area contributed by atoms with Crippen molar-refractivity contribution in [2.24, 2.45) is 0 Å². The lowest BCUT2D eigenvalue weighted by molar-refractivity contribution is -0.121. The molecule has 1 fully saturated rings. The van der Waals surface area contributed by atoms with Crippen LogP contribution in [0.3, 0.4) is 0 Å². The van der Waals surface area contributed by atoms with Crippen molar-refractivity contribution < 1.29 is 9.18 Å². The van der Waals surface area contributed by atoms with E-state index in [2.05, 4.69) is 22.3 Å². The number of nitrogens with zero attached hydrogens (tertiary/aromatic N) is 1. The second-order valence-corrected chi connectivity index (χ2v) is 6.99. The highest BCUT2D eigenvalue weighted by atomic mass is 35.5. The standard InChI is InChI=1S/C20H22ClFN2O/c21-17-6-4-15(5-7-17)14-24-10-8-19(9-11-24)23-20(25)13-16-2-1-3-18(22)12-16/h1-7,12,19H,8-11,13-14H2,(H,23,25). The molecule has 132 valence electrons. The van der Waals surface area contributed by atoms with E-state index in [0.29, 0.717) is 5.56 Å². The van der Waals surface area contributed by atoms with E-state index in [1.54, 1.807) is 12.1 Å². The van der Waals surface area contributed by atoms with Gasteiger partial charge in [-0.25, -0.2) is 4.39 Å². The van der Waals surface area contributed by atoms with Crippen LogP contribution in [0.25, 0.3) is 0 Å². The van der Waals surface area contributed by atoms with E-state index in [0.717, 1.165) is 37.5 Å². The van der Waals surface area contributed by atoms with Crippen molar-refractivity contribution in [3.63, 3.8) is 0 Å². The van der Waals surface area contributed by atoms with E-state index in [4.69, 9.17) is 11.6 Å². The van der Waals surface area contributed by atoms with Crippen molar-refractivity contribution in [1.29, 1.82) is 0 Å². The molecule has 1 aliphatic heterocycles. The molecular formula is C20H22ClFN2O. The summed E-state index contributed by atoms with van der Waals surface area (Å²) in [4.78, 5) is 14.5. The van der Waals surface area contributed by atoms with Crippen molar-refractivity contribution in [3.8, 4) is 0 Å². The summed E-state index contributed by atoms with van der Waals surface area (Å²) in [5, 5.41) is 3.83. The van der Waals surface area contributed by atoms with Gasteiger partial charge in [0.1, 0.15) is 5.82 Å². The van der Waals surface area contributed by atoms with Gasteiger partial charge in [0.15, 0.2) is 0 Å². The minimum atomic E-state index is -0.305. The predicted octanol–water partition coefficient (Wildman–Crippen LogP) is 3.80. The number of likely N-dealkylation sites (tertiary alicyclic amines) is 1. The Morgan fingerprint density at radius 2 is 1.84 bits per heavy atom. The fourth-order valence-corrected chi connectivity index (χ4v) is 3.32. The van der Waals surface area contributed by atoms with Crippen LogP contribution in [0.5, 0.6) is 0 Å². The van der Waals surface area contributed by atoms with Gasteiger partial charge in [0.2, 0.25) is 5.91 Å². The number of carbonyl (C=O) groups excluding carboxylic acids is 1. The Morgan fingerprint density at radius 1 is 1.12 bits per heavy atom. The van der Waals surface area contributed by atoms with E-state index in [1.807, 2.05) is 12.1 Å². The van der Waals surface area contributed by atoms with Crippen LogP contribution in [0, 0.1) is 5.82 Å². The lowest BCUT2D eigenvalue weighted by Crippen LogP contribution is -2.44. The Labute approximate surface area is 152 Å². The summed E-state index contributed by atoms with van der Waals surface area (Å²) in [6.07, 6.45) is 2.09. The Balaban J connectivity index is 1.42. The van der Waals surface area contributed by atoms with Crippen molar-refractivity contribution in [3.05, 3.63) is 70.5 Å². The molecule has 0 aliphatic carbocycles. The Kier molecular flexibility index (Phi) is 6.05. The van der Waals surface area contributed by atoms with Crippen LogP contribution in [-0.2, 0) is 17.8 Å². The first-order chi connectivity index (χ1) is 12.1. The molecule has 2 aromatic rings. The molecule has 0 atom stereocenters. The summed E-state index contributed by atoms with van der Waals surface area (Å²) < 4.78 is 13.2. The zero-order valence-corrected chi connectivity index (χ0v) is 14.8. The topological polar surface area (TPSA) is 32.3 Å². The highest BCUT2D eigenvalue weighted by Crippen LogP contribution is 2.16. The first kappa shape index (κ1) is 17.9. The first-order valence-corrected chi connectivity index (χ1v) is 8.97. The van der Waals surface area contributed by atoms with E-state index in [-0.39, 0.29) is 24.2 Å². The number of carbonyl (C=O) groups is 1. The number of piperidine rings is 1. The van der Waals surface area contributed by atoms with E-state index < -0.39 is 0 Å². The van der Waals surface area contributed by atoms with Gasteiger partial charge < -0.3 is 5.32 Å².